The predicted molar refractivity (Wildman–Crippen MR) is 113 cm³/mol. The fraction of sp³-hybridized carbons (Fsp3) is 0.190. The van der Waals surface area contributed by atoms with E-state index in [1.165, 1.54) is 45.4 Å². The van der Waals surface area contributed by atoms with Gasteiger partial charge in [-0.25, -0.2) is 9.18 Å². The summed E-state index contributed by atoms with van der Waals surface area (Å²) in [5.74, 6) is -1.79. The lowest BCUT2D eigenvalue weighted by molar-refractivity contribution is 0.0515. The quantitative estimate of drug-likeness (QED) is 0.354. The molecule has 0 radical (unpaired) electrons. The average Bonchev–Trinajstić information content (AvgIpc) is 2.79. The molecule has 0 aliphatic heterocycles. The number of nitrogens with zero attached hydrogens (tertiary/aromatic N) is 2. The number of hydrogen-bond acceptors (Lipinski definition) is 9. The Morgan fingerprint density at radius 2 is 1.67 bits per heavy atom. The minimum Gasteiger partial charge on any atom is -0.493 e. The lowest BCUT2D eigenvalue weighted by Gasteiger charge is -2.13. The number of carbonyl (C=O) groups excluding carboxylic acids is 1. The van der Waals surface area contributed by atoms with Crippen molar-refractivity contribution in [3.63, 3.8) is 0 Å². The molecule has 0 saturated carbocycles. The minimum atomic E-state index is -4.52. The van der Waals surface area contributed by atoms with Crippen molar-refractivity contribution in [3.8, 4) is 22.9 Å². The zero-order chi connectivity index (χ0) is 24.2. The first-order valence-corrected chi connectivity index (χ1v) is 10.8. The van der Waals surface area contributed by atoms with Crippen LogP contribution in [0.4, 0.5) is 4.39 Å². The van der Waals surface area contributed by atoms with Gasteiger partial charge in [0.1, 0.15) is 10.7 Å². The van der Waals surface area contributed by atoms with Crippen molar-refractivity contribution in [2.45, 2.75) is 11.8 Å². The molecule has 0 bridgehead atoms. The average molecular weight is 478 g/mol. The van der Waals surface area contributed by atoms with E-state index >= 15 is 0 Å². The highest BCUT2D eigenvalue weighted by atomic mass is 32.2. The Morgan fingerprint density at radius 3 is 2.27 bits per heavy atom. The minimum absolute atomic E-state index is 0.0436. The number of benzene rings is 2. The van der Waals surface area contributed by atoms with Crippen LogP contribution in [0.2, 0.25) is 0 Å². The molecule has 0 atom stereocenters. The van der Waals surface area contributed by atoms with Crippen LogP contribution < -0.4 is 19.2 Å². The summed E-state index contributed by atoms with van der Waals surface area (Å²) in [6, 6.07) is 9.21. The van der Waals surface area contributed by atoms with Gasteiger partial charge in [-0.15, -0.1) is 0 Å². The topological polar surface area (TPSA) is 123 Å². The highest BCUT2D eigenvalue weighted by molar-refractivity contribution is 7.87. The fourth-order valence-electron chi connectivity index (χ4n) is 2.75. The molecule has 0 spiro atoms. The third-order valence-electron chi connectivity index (χ3n) is 4.28. The molecule has 0 N–H and O–H groups in total. The molecular formula is C21H19FN2O8S. The second-order valence-electron chi connectivity index (χ2n) is 6.36. The molecule has 3 aromatic rings. The van der Waals surface area contributed by atoms with Gasteiger partial charge in [0.05, 0.1) is 32.6 Å². The molecule has 0 fully saturated rings. The number of carbonyl (C=O) groups is 1. The Balaban J connectivity index is 2.09. The summed E-state index contributed by atoms with van der Waals surface area (Å²) >= 11 is 0. The summed E-state index contributed by atoms with van der Waals surface area (Å²) < 4.78 is 59.9. The molecule has 33 heavy (non-hydrogen) atoms. The number of rotatable bonds is 8. The maximum atomic E-state index is 13.2. The van der Waals surface area contributed by atoms with E-state index in [1.54, 1.807) is 0 Å². The van der Waals surface area contributed by atoms with Gasteiger partial charge in [-0.3, -0.25) is 4.79 Å². The highest BCUT2D eigenvalue weighted by Crippen LogP contribution is 2.31. The number of aromatic nitrogens is 2. The van der Waals surface area contributed by atoms with Gasteiger partial charge in [-0.2, -0.15) is 18.2 Å². The predicted octanol–water partition coefficient (Wildman–Crippen LogP) is 2.33. The maximum absolute atomic E-state index is 13.2. The molecule has 2 aromatic carbocycles. The lowest BCUT2D eigenvalue weighted by Crippen LogP contribution is -2.26. The summed E-state index contributed by atoms with van der Waals surface area (Å²) in [7, 11) is -1.81. The normalized spacial score (nSPS) is 11.0. The standard InChI is InChI=1S/C21H19FN2O8S/c1-4-31-21(26)20-18(12-19(25)24(23-20)14-7-5-13(22)6-8-14)32-33(27,28)15-9-10-16(29-2)17(11-15)30-3/h5-12H,4H2,1-3H3. The van der Waals surface area contributed by atoms with E-state index < -0.39 is 38.9 Å². The second-order valence-corrected chi connectivity index (χ2v) is 7.90. The van der Waals surface area contributed by atoms with Crippen molar-refractivity contribution in [2.24, 2.45) is 0 Å². The lowest BCUT2D eigenvalue weighted by atomic mass is 10.3. The number of esters is 1. The van der Waals surface area contributed by atoms with Gasteiger partial charge in [0.15, 0.2) is 17.2 Å². The van der Waals surface area contributed by atoms with Crippen molar-refractivity contribution in [3.05, 3.63) is 70.4 Å². The number of hydrogen-bond donors (Lipinski definition) is 0. The molecular weight excluding hydrogens is 459 g/mol. The van der Waals surface area contributed by atoms with Gasteiger partial charge >= 0.3 is 16.1 Å². The van der Waals surface area contributed by atoms with Crippen LogP contribution in [0.1, 0.15) is 17.4 Å². The van der Waals surface area contributed by atoms with Gasteiger partial charge in [-0.05, 0) is 43.3 Å². The summed E-state index contributed by atoms with van der Waals surface area (Å²) in [6.07, 6.45) is 0. The number of ether oxygens (including phenoxy) is 3. The van der Waals surface area contributed by atoms with Crippen LogP contribution in [0.3, 0.4) is 0 Å². The molecule has 10 nitrogen and oxygen atoms in total. The summed E-state index contributed by atoms with van der Waals surface area (Å²) in [5.41, 5.74) is -1.25. The van der Waals surface area contributed by atoms with E-state index in [1.807, 2.05) is 0 Å². The monoisotopic (exact) mass is 478 g/mol. The molecule has 0 unspecified atom stereocenters. The van der Waals surface area contributed by atoms with Gasteiger partial charge in [0.2, 0.25) is 5.69 Å². The Bertz CT molecular complexity index is 1340. The molecule has 1 aromatic heterocycles. The first-order chi connectivity index (χ1) is 15.7. The largest absolute Gasteiger partial charge is 0.493 e. The Hall–Kier alpha value is -3.93. The second kappa shape index (κ2) is 9.69. The molecule has 3 rings (SSSR count). The Labute approximate surface area is 188 Å². The first-order valence-electron chi connectivity index (χ1n) is 9.44. The van der Waals surface area contributed by atoms with E-state index in [2.05, 4.69) is 5.10 Å². The smallest absolute Gasteiger partial charge is 0.362 e. The first kappa shape index (κ1) is 23.7. The highest BCUT2D eigenvalue weighted by Gasteiger charge is 2.26. The molecule has 0 aliphatic rings. The Kier molecular flexibility index (Phi) is 6.97. The molecule has 174 valence electrons. The van der Waals surface area contributed by atoms with Crippen LogP contribution in [0, 0.1) is 5.82 Å². The SMILES string of the molecule is CCOC(=O)c1nn(-c2ccc(F)cc2)c(=O)cc1OS(=O)(=O)c1ccc(OC)c(OC)c1. The van der Waals surface area contributed by atoms with Gasteiger partial charge in [0.25, 0.3) is 5.56 Å². The van der Waals surface area contributed by atoms with Gasteiger partial charge < -0.3 is 18.4 Å². The van der Waals surface area contributed by atoms with Crippen molar-refractivity contribution in [1.29, 1.82) is 0 Å². The molecule has 1 heterocycles. The number of methoxy groups -OCH3 is 2. The third kappa shape index (κ3) is 5.12. The van der Waals surface area contributed by atoms with Crippen molar-refractivity contribution < 1.29 is 36.0 Å². The molecule has 0 saturated heterocycles. The molecule has 0 amide bonds. The van der Waals surface area contributed by atoms with E-state index in [0.717, 1.165) is 28.9 Å². The molecule has 0 aliphatic carbocycles. The van der Waals surface area contributed by atoms with Crippen LogP contribution in [0.25, 0.3) is 5.69 Å². The Morgan fingerprint density at radius 1 is 1.00 bits per heavy atom. The third-order valence-corrected chi connectivity index (χ3v) is 5.51. The summed E-state index contributed by atoms with van der Waals surface area (Å²) in [5, 5.41) is 3.90. The van der Waals surface area contributed by atoms with Gasteiger partial charge in [-0.1, -0.05) is 0 Å². The van der Waals surface area contributed by atoms with Crippen LogP contribution in [0.5, 0.6) is 17.2 Å². The van der Waals surface area contributed by atoms with E-state index in [4.69, 9.17) is 18.4 Å². The number of halogens is 1. The van der Waals surface area contributed by atoms with Crippen LogP contribution in [0.15, 0.2) is 58.2 Å². The summed E-state index contributed by atoms with van der Waals surface area (Å²) in [4.78, 5) is 24.7. The van der Waals surface area contributed by atoms with Crippen molar-refractivity contribution in [2.75, 3.05) is 20.8 Å². The molecule has 12 heteroatoms. The van der Waals surface area contributed by atoms with E-state index in [-0.39, 0.29) is 28.7 Å². The van der Waals surface area contributed by atoms with Crippen molar-refractivity contribution >= 4 is 16.1 Å². The fourth-order valence-corrected chi connectivity index (χ4v) is 3.70. The van der Waals surface area contributed by atoms with Gasteiger partial charge in [0, 0.05) is 6.07 Å². The van der Waals surface area contributed by atoms with Crippen LogP contribution in [-0.4, -0.2) is 45.0 Å². The summed E-state index contributed by atoms with van der Waals surface area (Å²) in [6.45, 7) is 1.49. The zero-order valence-electron chi connectivity index (χ0n) is 17.8. The van der Waals surface area contributed by atoms with E-state index in [9.17, 15) is 22.4 Å². The van der Waals surface area contributed by atoms with E-state index in [0.29, 0.717) is 0 Å². The zero-order valence-corrected chi connectivity index (χ0v) is 18.6. The van der Waals surface area contributed by atoms with Crippen molar-refractivity contribution in [1.82, 2.24) is 9.78 Å². The van der Waals surface area contributed by atoms with Crippen LogP contribution in [-0.2, 0) is 14.9 Å². The van der Waals surface area contributed by atoms with Crippen LogP contribution >= 0.6 is 0 Å². The maximum Gasteiger partial charge on any atom is 0.362 e.